The van der Waals surface area contributed by atoms with E-state index in [2.05, 4.69) is 17.4 Å². The lowest BCUT2D eigenvalue weighted by Crippen LogP contribution is -2.16. The van der Waals surface area contributed by atoms with Gasteiger partial charge in [-0.3, -0.25) is 0 Å². The van der Waals surface area contributed by atoms with Crippen LogP contribution in [0.15, 0.2) is 65.1 Å². The molecule has 0 aliphatic carbocycles. The lowest BCUT2D eigenvalue weighted by atomic mass is 10.1. The number of ether oxygens (including phenoxy) is 1. The summed E-state index contributed by atoms with van der Waals surface area (Å²) in [6.45, 7) is 1.59. The summed E-state index contributed by atoms with van der Waals surface area (Å²) in [5.41, 5.74) is 2.27. The van der Waals surface area contributed by atoms with Gasteiger partial charge in [0.25, 0.3) is 0 Å². The topological polar surface area (TPSA) is 34.4 Å². The quantitative estimate of drug-likeness (QED) is 0.618. The van der Waals surface area contributed by atoms with E-state index in [1.54, 1.807) is 7.11 Å². The lowest BCUT2D eigenvalue weighted by molar-refractivity contribution is 0.414. The molecule has 0 bridgehead atoms. The van der Waals surface area contributed by atoms with Gasteiger partial charge in [0.15, 0.2) is 0 Å². The molecule has 0 saturated heterocycles. The van der Waals surface area contributed by atoms with Crippen LogP contribution in [0.3, 0.4) is 0 Å². The van der Waals surface area contributed by atoms with E-state index >= 15 is 0 Å². The minimum absolute atomic E-state index is 0.705. The molecular formula is C20H20ClNO2. The van der Waals surface area contributed by atoms with Crippen molar-refractivity contribution in [3.8, 4) is 17.1 Å². The van der Waals surface area contributed by atoms with Gasteiger partial charge in [0.05, 0.1) is 13.7 Å². The van der Waals surface area contributed by atoms with Crippen LogP contribution in [-0.4, -0.2) is 13.7 Å². The zero-order valence-corrected chi connectivity index (χ0v) is 14.3. The Morgan fingerprint density at radius 1 is 1.04 bits per heavy atom. The highest BCUT2D eigenvalue weighted by Crippen LogP contribution is 2.24. The molecule has 0 amide bonds. The molecule has 1 heterocycles. The predicted molar refractivity (Wildman–Crippen MR) is 97.6 cm³/mol. The highest BCUT2D eigenvalue weighted by molar-refractivity contribution is 6.30. The van der Waals surface area contributed by atoms with E-state index in [1.807, 2.05) is 48.5 Å². The number of rotatable bonds is 7. The third-order valence-corrected chi connectivity index (χ3v) is 4.05. The molecule has 3 nitrogen and oxygen atoms in total. The smallest absolute Gasteiger partial charge is 0.134 e. The van der Waals surface area contributed by atoms with Crippen LogP contribution in [-0.2, 0) is 13.0 Å². The normalized spacial score (nSPS) is 10.8. The van der Waals surface area contributed by atoms with Crippen molar-refractivity contribution in [1.82, 2.24) is 5.32 Å². The molecule has 4 heteroatoms. The number of methoxy groups -OCH3 is 1. The number of halogens is 1. The average molecular weight is 342 g/mol. The van der Waals surface area contributed by atoms with Gasteiger partial charge in [-0.15, -0.1) is 0 Å². The van der Waals surface area contributed by atoms with Gasteiger partial charge in [-0.2, -0.15) is 0 Å². The zero-order valence-electron chi connectivity index (χ0n) is 13.6. The number of benzene rings is 2. The SMILES string of the molecule is COc1ccc(CCNCc2ccc(-c3cccc(Cl)c3)o2)cc1. The number of hydrogen-bond donors (Lipinski definition) is 1. The Morgan fingerprint density at radius 3 is 2.62 bits per heavy atom. The minimum Gasteiger partial charge on any atom is -0.497 e. The maximum absolute atomic E-state index is 6.02. The standard InChI is InChI=1S/C20H20ClNO2/c1-23-18-7-5-15(6-8-18)11-12-22-14-19-9-10-20(24-19)16-3-2-4-17(21)13-16/h2-10,13,22H,11-12,14H2,1H3. The Morgan fingerprint density at radius 2 is 1.88 bits per heavy atom. The van der Waals surface area contributed by atoms with Crippen LogP contribution >= 0.6 is 11.6 Å². The molecule has 0 radical (unpaired) electrons. The molecule has 0 saturated carbocycles. The predicted octanol–water partition coefficient (Wildman–Crippen LogP) is 4.94. The molecule has 124 valence electrons. The molecule has 2 aromatic carbocycles. The van der Waals surface area contributed by atoms with Crippen LogP contribution in [0.1, 0.15) is 11.3 Å². The summed E-state index contributed by atoms with van der Waals surface area (Å²) in [5, 5.41) is 4.12. The number of furan rings is 1. The molecule has 3 aromatic rings. The van der Waals surface area contributed by atoms with Gasteiger partial charge in [-0.1, -0.05) is 35.9 Å². The first-order valence-corrected chi connectivity index (χ1v) is 8.31. The first kappa shape index (κ1) is 16.6. The Balaban J connectivity index is 1.48. The Hall–Kier alpha value is -2.23. The van der Waals surface area contributed by atoms with Crippen molar-refractivity contribution in [3.63, 3.8) is 0 Å². The maximum atomic E-state index is 6.02. The molecule has 0 unspecified atom stereocenters. The third kappa shape index (κ3) is 4.40. The fourth-order valence-corrected chi connectivity index (χ4v) is 2.70. The Bertz CT molecular complexity index is 780. The minimum atomic E-state index is 0.705. The van der Waals surface area contributed by atoms with E-state index in [-0.39, 0.29) is 0 Å². The molecule has 1 aromatic heterocycles. The van der Waals surface area contributed by atoms with Crippen molar-refractivity contribution in [2.24, 2.45) is 0 Å². The van der Waals surface area contributed by atoms with Crippen LogP contribution in [0.25, 0.3) is 11.3 Å². The highest BCUT2D eigenvalue weighted by Gasteiger charge is 2.05. The van der Waals surface area contributed by atoms with E-state index in [0.29, 0.717) is 11.6 Å². The lowest BCUT2D eigenvalue weighted by Gasteiger charge is -2.05. The van der Waals surface area contributed by atoms with Crippen LogP contribution in [0, 0.1) is 0 Å². The van der Waals surface area contributed by atoms with Gasteiger partial charge < -0.3 is 14.5 Å². The van der Waals surface area contributed by atoms with Gasteiger partial charge in [0.2, 0.25) is 0 Å². The maximum Gasteiger partial charge on any atom is 0.134 e. The van der Waals surface area contributed by atoms with Crippen molar-refractivity contribution in [2.75, 3.05) is 13.7 Å². The molecule has 3 rings (SSSR count). The van der Waals surface area contributed by atoms with Gasteiger partial charge in [-0.25, -0.2) is 0 Å². The Kier molecular flexibility index (Phi) is 5.57. The number of nitrogens with one attached hydrogen (secondary N) is 1. The summed E-state index contributed by atoms with van der Waals surface area (Å²) in [4.78, 5) is 0. The summed E-state index contributed by atoms with van der Waals surface area (Å²) in [5.74, 6) is 2.64. The van der Waals surface area contributed by atoms with Gasteiger partial charge in [0.1, 0.15) is 17.3 Å². The van der Waals surface area contributed by atoms with Crippen molar-refractivity contribution in [3.05, 3.63) is 77.0 Å². The molecule has 0 aliphatic heterocycles. The summed E-state index contributed by atoms with van der Waals surface area (Å²) in [6.07, 6.45) is 0.964. The highest BCUT2D eigenvalue weighted by atomic mass is 35.5. The molecular weight excluding hydrogens is 322 g/mol. The monoisotopic (exact) mass is 341 g/mol. The second kappa shape index (κ2) is 8.04. The summed E-state index contributed by atoms with van der Waals surface area (Å²) in [7, 11) is 1.68. The first-order valence-electron chi connectivity index (χ1n) is 7.93. The molecule has 0 spiro atoms. The van der Waals surface area contributed by atoms with Gasteiger partial charge in [0, 0.05) is 10.6 Å². The summed E-state index contributed by atoms with van der Waals surface area (Å²) in [6, 6.07) is 19.8. The van der Waals surface area contributed by atoms with Crippen LogP contribution < -0.4 is 10.1 Å². The molecule has 1 N–H and O–H groups in total. The van der Waals surface area contributed by atoms with Crippen molar-refractivity contribution >= 4 is 11.6 Å². The average Bonchev–Trinajstić information content (AvgIpc) is 3.08. The second-order valence-electron chi connectivity index (χ2n) is 5.55. The van der Waals surface area contributed by atoms with E-state index in [0.717, 1.165) is 35.8 Å². The van der Waals surface area contributed by atoms with Crippen molar-refractivity contribution in [1.29, 1.82) is 0 Å². The molecule has 0 aliphatic rings. The Labute approximate surface area is 147 Å². The first-order chi connectivity index (χ1) is 11.7. The molecule has 0 fully saturated rings. The fourth-order valence-electron chi connectivity index (χ4n) is 2.51. The number of hydrogen-bond acceptors (Lipinski definition) is 3. The van der Waals surface area contributed by atoms with E-state index < -0.39 is 0 Å². The fraction of sp³-hybridized carbons (Fsp3) is 0.200. The zero-order chi connectivity index (χ0) is 16.8. The summed E-state index contributed by atoms with van der Waals surface area (Å²) >= 11 is 6.02. The van der Waals surface area contributed by atoms with Gasteiger partial charge in [-0.05, 0) is 54.9 Å². The van der Waals surface area contributed by atoms with Crippen molar-refractivity contribution < 1.29 is 9.15 Å². The third-order valence-electron chi connectivity index (χ3n) is 3.82. The van der Waals surface area contributed by atoms with Crippen LogP contribution in [0.4, 0.5) is 0 Å². The second-order valence-corrected chi connectivity index (χ2v) is 5.99. The van der Waals surface area contributed by atoms with E-state index in [9.17, 15) is 0 Å². The van der Waals surface area contributed by atoms with E-state index in [4.69, 9.17) is 20.8 Å². The van der Waals surface area contributed by atoms with Crippen LogP contribution in [0.2, 0.25) is 5.02 Å². The molecule has 0 atom stereocenters. The van der Waals surface area contributed by atoms with E-state index in [1.165, 1.54) is 5.56 Å². The molecule has 24 heavy (non-hydrogen) atoms. The summed E-state index contributed by atoms with van der Waals surface area (Å²) < 4.78 is 11.0. The van der Waals surface area contributed by atoms with Gasteiger partial charge >= 0.3 is 0 Å². The van der Waals surface area contributed by atoms with Crippen molar-refractivity contribution in [2.45, 2.75) is 13.0 Å². The van der Waals surface area contributed by atoms with Crippen LogP contribution in [0.5, 0.6) is 5.75 Å². The largest absolute Gasteiger partial charge is 0.497 e.